The first kappa shape index (κ1) is 16.4. The van der Waals surface area contributed by atoms with Crippen molar-refractivity contribution in [3.8, 4) is 5.75 Å². The van der Waals surface area contributed by atoms with Crippen molar-refractivity contribution in [1.29, 1.82) is 0 Å². The van der Waals surface area contributed by atoms with Gasteiger partial charge in [-0.05, 0) is 72.4 Å². The molecule has 1 aromatic rings. The number of hydrogen-bond acceptors (Lipinski definition) is 2. The van der Waals surface area contributed by atoms with E-state index in [2.05, 4.69) is 35.1 Å². The Labute approximate surface area is 123 Å². The van der Waals surface area contributed by atoms with Crippen LogP contribution in [0.5, 0.6) is 5.75 Å². The third-order valence-corrected chi connectivity index (χ3v) is 3.32. The summed E-state index contributed by atoms with van der Waals surface area (Å²) < 4.78 is 19.1. The van der Waals surface area contributed by atoms with Gasteiger partial charge in [0.15, 0.2) is 0 Å². The molecule has 0 fully saturated rings. The lowest BCUT2D eigenvalue weighted by Gasteiger charge is -2.09. The molecule has 0 aliphatic rings. The van der Waals surface area contributed by atoms with Crippen molar-refractivity contribution in [2.24, 2.45) is 5.92 Å². The Morgan fingerprint density at radius 1 is 1.26 bits per heavy atom. The summed E-state index contributed by atoms with van der Waals surface area (Å²) in [6.45, 7) is 7.24. The highest BCUT2D eigenvalue weighted by Crippen LogP contribution is 2.25. The van der Waals surface area contributed by atoms with Gasteiger partial charge >= 0.3 is 0 Å². The van der Waals surface area contributed by atoms with Crippen molar-refractivity contribution in [3.05, 3.63) is 28.5 Å². The molecule has 1 N–H and O–H groups in total. The lowest BCUT2D eigenvalue weighted by Crippen LogP contribution is -2.20. The minimum atomic E-state index is -0.254. The topological polar surface area (TPSA) is 21.3 Å². The summed E-state index contributed by atoms with van der Waals surface area (Å²) in [5.74, 6) is 1.16. The van der Waals surface area contributed by atoms with Gasteiger partial charge in [-0.25, -0.2) is 4.39 Å². The standard InChI is InChI=1S/C15H23BrFNO/c1-12(2)11-18-8-4-3-5-9-19-15-7-6-13(17)10-14(15)16/h6-7,10,12,18H,3-5,8-9,11H2,1-2H3. The van der Waals surface area contributed by atoms with Gasteiger partial charge in [0.2, 0.25) is 0 Å². The second-order valence-electron chi connectivity index (χ2n) is 5.08. The highest BCUT2D eigenvalue weighted by Gasteiger charge is 2.02. The molecular weight excluding hydrogens is 309 g/mol. The Bertz CT molecular complexity index is 371. The maximum Gasteiger partial charge on any atom is 0.133 e. The van der Waals surface area contributed by atoms with Gasteiger partial charge in [0.1, 0.15) is 11.6 Å². The monoisotopic (exact) mass is 331 g/mol. The molecule has 0 radical (unpaired) electrons. The van der Waals surface area contributed by atoms with Crippen molar-refractivity contribution in [2.45, 2.75) is 33.1 Å². The fourth-order valence-electron chi connectivity index (χ4n) is 1.69. The van der Waals surface area contributed by atoms with Crippen molar-refractivity contribution in [2.75, 3.05) is 19.7 Å². The Morgan fingerprint density at radius 2 is 2.05 bits per heavy atom. The van der Waals surface area contributed by atoms with E-state index in [4.69, 9.17) is 4.74 Å². The van der Waals surface area contributed by atoms with Gasteiger partial charge in [-0.1, -0.05) is 13.8 Å². The summed E-state index contributed by atoms with van der Waals surface area (Å²) in [7, 11) is 0. The molecular formula is C15H23BrFNO. The van der Waals surface area contributed by atoms with E-state index in [1.165, 1.54) is 18.6 Å². The summed E-state index contributed by atoms with van der Waals surface area (Å²) in [5.41, 5.74) is 0. The molecule has 0 saturated carbocycles. The summed E-state index contributed by atoms with van der Waals surface area (Å²) >= 11 is 3.29. The fraction of sp³-hybridized carbons (Fsp3) is 0.600. The zero-order chi connectivity index (χ0) is 14.1. The minimum absolute atomic E-state index is 0.254. The second-order valence-corrected chi connectivity index (χ2v) is 5.94. The predicted molar refractivity (Wildman–Crippen MR) is 81.2 cm³/mol. The summed E-state index contributed by atoms with van der Waals surface area (Å²) in [4.78, 5) is 0. The van der Waals surface area contributed by atoms with Crippen LogP contribution in [-0.4, -0.2) is 19.7 Å². The summed E-state index contributed by atoms with van der Waals surface area (Å²) in [6, 6.07) is 4.49. The molecule has 0 unspecified atom stereocenters. The molecule has 0 heterocycles. The number of benzene rings is 1. The maximum atomic E-state index is 12.9. The van der Waals surface area contributed by atoms with Gasteiger partial charge in [0.25, 0.3) is 0 Å². The molecule has 1 aromatic carbocycles. The van der Waals surface area contributed by atoms with Crippen LogP contribution in [0.2, 0.25) is 0 Å². The van der Waals surface area contributed by atoms with Crippen LogP contribution in [0.3, 0.4) is 0 Å². The Morgan fingerprint density at radius 3 is 2.74 bits per heavy atom. The Kier molecular flexibility index (Phi) is 8.07. The van der Waals surface area contributed by atoms with Crippen LogP contribution in [0.25, 0.3) is 0 Å². The molecule has 0 aromatic heterocycles. The van der Waals surface area contributed by atoms with Gasteiger partial charge in [-0.2, -0.15) is 0 Å². The highest BCUT2D eigenvalue weighted by atomic mass is 79.9. The maximum absolute atomic E-state index is 12.9. The molecule has 4 heteroatoms. The molecule has 0 bridgehead atoms. The molecule has 108 valence electrons. The first-order valence-electron chi connectivity index (χ1n) is 6.88. The van der Waals surface area contributed by atoms with Crippen molar-refractivity contribution >= 4 is 15.9 Å². The molecule has 0 aliphatic carbocycles. The second kappa shape index (κ2) is 9.32. The van der Waals surface area contributed by atoms with Crippen LogP contribution in [0.1, 0.15) is 33.1 Å². The van der Waals surface area contributed by atoms with Crippen molar-refractivity contribution in [1.82, 2.24) is 5.32 Å². The average molecular weight is 332 g/mol. The highest BCUT2D eigenvalue weighted by molar-refractivity contribution is 9.10. The third kappa shape index (κ3) is 7.53. The van der Waals surface area contributed by atoms with E-state index in [0.717, 1.165) is 25.9 Å². The minimum Gasteiger partial charge on any atom is -0.492 e. The zero-order valence-corrected chi connectivity index (χ0v) is 13.3. The molecule has 1 rings (SSSR count). The lowest BCUT2D eigenvalue weighted by atomic mass is 10.2. The van der Waals surface area contributed by atoms with Crippen LogP contribution in [0.4, 0.5) is 4.39 Å². The van der Waals surface area contributed by atoms with Crippen LogP contribution in [0, 0.1) is 11.7 Å². The first-order chi connectivity index (χ1) is 9.09. The smallest absolute Gasteiger partial charge is 0.133 e. The predicted octanol–water partition coefficient (Wildman–Crippen LogP) is 4.38. The normalized spacial score (nSPS) is 11.0. The molecule has 0 amide bonds. The van der Waals surface area contributed by atoms with Crippen molar-refractivity contribution < 1.29 is 9.13 Å². The Hall–Kier alpha value is -0.610. The quantitative estimate of drug-likeness (QED) is 0.678. The van der Waals surface area contributed by atoms with Crippen molar-refractivity contribution in [3.63, 3.8) is 0 Å². The average Bonchev–Trinajstić information content (AvgIpc) is 2.34. The third-order valence-electron chi connectivity index (χ3n) is 2.70. The Balaban J connectivity index is 2.04. The molecule has 19 heavy (non-hydrogen) atoms. The lowest BCUT2D eigenvalue weighted by molar-refractivity contribution is 0.302. The number of nitrogens with one attached hydrogen (secondary N) is 1. The molecule has 0 saturated heterocycles. The largest absolute Gasteiger partial charge is 0.492 e. The molecule has 0 aliphatic heterocycles. The van der Waals surface area contributed by atoms with E-state index >= 15 is 0 Å². The van der Waals surface area contributed by atoms with E-state index in [9.17, 15) is 4.39 Å². The zero-order valence-electron chi connectivity index (χ0n) is 11.7. The number of ether oxygens (including phenoxy) is 1. The van der Waals surface area contributed by atoms with E-state index < -0.39 is 0 Å². The molecule has 0 atom stereocenters. The van der Waals surface area contributed by atoms with Crippen LogP contribution >= 0.6 is 15.9 Å². The van der Waals surface area contributed by atoms with Gasteiger partial charge in [-0.3, -0.25) is 0 Å². The number of hydrogen-bond donors (Lipinski definition) is 1. The first-order valence-corrected chi connectivity index (χ1v) is 7.67. The van der Waals surface area contributed by atoms with E-state index in [1.807, 2.05) is 0 Å². The van der Waals surface area contributed by atoms with Gasteiger partial charge in [0.05, 0.1) is 11.1 Å². The van der Waals surface area contributed by atoms with E-state index in [0.29, 0.717) is 22.7 Å². The van der Waals surface area contributed by atoms with Crippen LogP contribution in [0.15, 0.2) is 22.7 Å². The van der Waals surface area contributed by atoms with E-state index in [-0.39, 0.29) is 5.82 Å². The molecule has 2 nitrogen and oxygen atoms in total. The summed E-state index contributed by atoms with van der Waals surface area (Å²) in [6.07, 6.45) is 3.33. The summed E-state index contributed by atoms with van der Waals surface area (Å²) in [5, 5.41) is 3.42. The van der Waals surface area contributed by atoms with Gasteiger partial charge in [0, 0.05) is 0 Å². The number of rotatable bonds is 9. The van der Waals surface area contributed by atoms with Crippen LogP contribution in [-0.2, 0) is 0 Å². The molecule has 0 spiro atoms. The SMILES string of the molecule is CC(C)CNCCCCCOc1ccc(F)cc1Br. The van der Waals surface area contributed by atoms with Crippen LogP contribution < -0.4 is 10.1 Å². The number of halogens is 2. The fourth-order valence-corrected chi connectivity index (χ4v) is 2.16. The van der Waals surface area contributed by atoms with Gasteiger partial charge < -0.3 is 10.1 Å². The number of unbranched alkanes of at least 4 members (excludes halogenated alkanes) is 2. The van der Waals surface area contributed by atoms with Gasteiger partial charge in [-0.15, -0.1) is 0 Å². The van der Waals surface area contributed by atoms with E-state index in [1.54, 1.807) is 6.07 Å².